The normalized spacial score (nSPS) is 11.6. The van der Waals surface area contributed by atoms with Crippen molar-refractivity contribution < 1.29 is 9.21 Å². The SMILES string of the molecule is Cc1c(/C(N)=C(\C#N)C(=O)c2ccccc2)c(=N)oc2cc(-c3ccccc3)c(-c3ccccc3)cc12. The molecule has 3 N–H and O–H groups in total. The highest BCUT2D eigenvalue weighted by atomic mass is 16.3. The number of ketones is 1. The molecule has 5 nitrogen and oxygen atoms in total. The summed E-state index contributed by atoms with van der Waals surface area (Å²) in [5, 5.41) is 19.2. The molecule has 0 aliphatic carbocycles. The van der Waals surface area contributed by atoms with Gasteiger partial charge in [0, 0.05) is 10.9 Å². The van der Waals surface area contributed by atoms with Crippen LogP contribution < -0.4 is 11.3 Å². The molecule has 0 aliphatic heterocycles. The van der Waals surface area contributed by atoms with E-state index < -0.39 is 5.78 Å². The van der Waals surface area contributed by atoms with Crippen LogP contribution in [0.25, 0.3) is 38.9 Å². The summed E-state index contributed by atoms with van der Waals surface area (Å²) in [6, 6.07) is 34.4. The number of Topliss-reactive ketones (excluding diaryl/α,β-unsaturated/α-hetero) is 1. The van der Waals surface area contributed by atoms with Crippen molar-refractivity contribution in [1.82, 2.24) is 0 Å². The highest BCUT2D eigenvalue weighted by Crippen LogP contribution is 2.37. The molecule has 0 atom stereocenters. The van der Waals surface area contributed by atoms with Crippen LogP contribution in [0.1, 0.15) is 21.5 Å². The van der Waals surface area contributed by atoms with Gasteiger partial charge in [0.15, 0.2) is 0 Å². The molecule has 37 heavy (non-hydrogen) atoms. The lowest BCUT2D eigenvalue weighted by molar-refractivity contribution is 0.103. The molecular formula is C32H23N3O2. The lowest BCUT2D eigenvalue weighted by Gasteiger charge is -2.15. The molecule has 0 fully saturated rings. The molecule has 5 rings (SSSR count). The van der Waals surface area contributed by atoms with Gasteiger partial charge >= 0.3 is 0 Å². The van der Waals surface area contributed by atoms with Gasteiger partial charge in [0.2, 0.25) is 11.3 Å². The van der Waals surface area contributed by atoms with E-state index in [0.29, 0.717) is 16.7 Å². The van der Waals surface area contributed by atoms with E-state index in [2.05, 4.69) is 0 Å². The van der Waals surface area contributed by atoms with E-state index in [1.54, 1.807) is 30.3 Å². The number of aryl methyl sites for hydroxylation is 1. The first-order valence-corrected chi connectivity index (χ1v) is 11.8. The van der Waals surface area contributed by atoms with Crippen LogP contribution in [0.15, 0.2) is 113 Å². The molecule has 0 amide bonds. The number of carbonyl (C=O) groups excluding carboxylic acids is 1. The van der Waals surface area contributed by atoms with Crippen LogP contribution >= 0.6 is 0 Å². The Morgan fingerprint density at radius 2 is 1.35 bits per heavy atom. The van der Waals surface area contributed by atoms with Gasteiger partial charge < -0.3 is 10.2 Å². The van der Waals surface area contributed by atoms with Crippen LogP contribution in [0, 0.1) is 23.7 Å². The van der Waals surface area contributed by atoms with Crippen molar-refractivity contribution in [2.75, 3.05) is 0 Å². The summed E-state index contributed by atoms with van der Waals surface area (Å²) in [4.78, 5) is 13.1. The van der Waals surface area contributed by atoms with Crippen molar-refractivity contribution in [2.45, 2.75) is 6.92 Å². The molecule has 0 saturated carbocycles. The van der Waals surface area contributed by atoms with Crippen molar-refractivity contribution in [1.29, 1.82) is 10.7 Å². The lowest BCUT2D eigenvalue weighted by Crippen LogP contribution is -2.18. The Labute approximate surface area is 214 Å². The first-order chi connectivity index (χ1) is 18.0. The predicted octanol–water partition coefficient (Wildman–Crippen LogP) is 6.63. The third-order valence-corrected chi connectivity index (χ3v) is 6.42. The summed E-state index contributed by atoms with van der Waals surface area (Å²) in [6.45, 7) is 1.83. The molecule has 0 spiro atoms. The second kappa shape index (κ2) is 9.80. The van der Waals surface area contributed by atoms with E-state index in [9.17, 15) is 10.1 Å². The Morgan fingerprint density at radius 1 is 0.838 bits per heavy atom. The van der Waals surface area contributed by atoms with Gasteiger partial charge in [-0.2, -0.15) is 5.26 Å². The lowest BCUT2D eigenvalue weighted by atomic mass is 9.90. The molecular weight excluding hydrogens is 458 g/mol. The van der Waals surface area contributed by atoms with Gasteiger partial charge in [0.05, 0.1) is 11.3 Å². The van der Waals surface area contributed by atoms with Gasteiger partial charge in [0.1, 0.15) is 17.2 Å². The van der Waals surface area contributed by atoms with Crippen molar-refractivity contribution in [2.24, 2.45) is 5.73 Å². The fourth-order valence-corrected chi connectivity index (χ4v) is 4.55. The molecule has 4 aromatic carbocycles. The predicted molar refractivity (Wildman–Crippen MR) is 145 cm³/mol. The van der Waals surface area contributed by atoms with Crippen LogP contribution in [-0.4, -0.2) is 5.78 Å². The van der Waals surface area contributed by atoms with E-state index in [1.165, 1.54) is 0 Å². The number of rotatable bonds is 5. The van der Waals surface area contributed by atoms with E-state index in [1.807, 2.05) is 85.8 Å². The van der Waals surface area contributed by atoms with Gasteiger partial charge in [-0.3, -0.25) is 10.2 Å². The smallest absolute Gasteiger partial charge is 0.221 e. The molecule has 0 radical (unpaired) electrons. The minimum Gasteiger partial charge on any atom is -0.438 e. The quantitative estimate of drug-likeness (QED) is 0.167. The number of fused-ring (bicyclic) bond motifs is 1. The maximum atomic E-state index is 13.1. The first-order valence-electron chi connectivity index (χ1n) is 11.8. The molecule has 5 heteroatoms. The average molecular weight is 482 g/mol. The van der Waals surface area contributed by atoms with Crippen LogP contribution in [0.3, 0.4) is 0 Å². The van der Waals surface area contributed by atoms with E-state index in [-0.39, 0.29) is 22.4 Å². The molecule has 1 heterocycles. The summed E-state index contributed by atoms with van der Waals surface area (Å²) in [5.74, 6) is -0.496. The fourth-order valence-electron chi connectivity index (χ4n) is 4.55. The minimum absolute atomic E-state index is 0.0714. The zero-order chi connectivity index (χ0) is 25.9. The first kappa shape index (κ1) is 23.5. The van der Waals surface area contributed by atoms with Crippen LogP contribution in [0.2, 0.25) is 0 Å². The number of hydrogen-bond acceptors (Lipinski definition) is 5. The largest absolute Gasteiger partial charge is 0.438 e. The third kappa shape index (κ3) is 4.33. The maximum absolute atomic E-state index is 13.1. The van der Waals surface area contributed by atoms with Crippen LogP contribution in [0.4, 0.5) is 0 Å². The van der Waals surface area contributed by atoms with E-state index >= 15 is 0 Å². The number of nitrogens with two attached hydrogens (primary N) is 1. The van der Waals surface area contributed by atoms with Gasteiger partial charge in [0.25, 0.3) is 0 Å². The zero-order valence-electron chi connectivity index (χ0n) is 20.2. The number of nitrogens with one attached hydrogen (secondary N) is 1. The Kier molecular flexibility index (Phi) is 6.23. The number of nitrogens with zero attached hydrogens (tertiary/aromatic N) is 1. The van der Waals surface area contributed by atoms with Gasteiger partial charge in [-0.15, -0.1) is 0 Å². The van der Waals surface area contributed by atoms with Crippen molar-refractivity contribution in [3.8, 4) is 28.3 Å². The van der Waals surface area contributed by atoms with E-state index in [4.69, 9.17) is 15.6 Å². The Bertz CT molecular complexity index is 1760. The number of nitriles is 1. The maximum Gasteiger partial charge on any atom is 0.221 e. The highest BCUT2D eigenvalue weighted by Gasteiger charge is 2.22. The number of benzene rings is 4. The highest BCUT2D eigenvalue weighted by molar-refractivity contribution is 6.15. The minimum atomic E-state index is -0.496. The molecule has 0 bridgehead atoms. The van der Waals surface area contributed by atoms with E-state index in [0.717, 1.165) is 27.6 Å². The van der Waals surface area contributed by atoms with Gasteiger partial charge in [-0.25, -0.2) is 0 Å². The van der Waals surface area contributed by atoms with Gasteiger partial charge in [-0.1, -0.05) is 91.0 Å². The summed E-state index contributed by atoms with van der Waals surface area (Å²) in [6.07, 6.45) is 0. The summed E-state index contributed by atoms with van der Waals surface area (Å²) in [5.41, 5.74) is 11.7. The van der Waals surface area contributed by atoms with Crippen molar-refractivity contribution >= 4 is 22.4 Å². The van der Waals surface area contributed by atoms with Crippen molar-refractivity contribution in [3.63, 3.8) is 0 Å². The van der Waals surface area contributed by atoms with Crippen molar-refractivity contribution in [3.05, 3.63) is 131 Å². The average Bonchev–Trinajstić information content (AvgIpc) is 2.94. The molecule has 178 valence electrons. The summed E-state index contributed by atoms with van der Waals surface area (Å²) < 4.78 is 5.96. The summed E-state index contributed by atoms with van der Waals surface area (Å²) in [7, 11) is 0. The second-order valence-electron chi connectivity index (χ2n) is 8.65. The Hall–Kier alpha value is -5.21. The molecule has 0 aliphatic rings. The standard InChI is InChI=1S/C32H23N3O2/c1-20-24-17-25(21-11-5-2-6-12-21)26(22-13-7-3-8-14-22)18-28(24)37-32(35)29(20)30(34)27(19-33)31(36)23-15-9-4-10-16-23/h2-18,35H,34H2,1H3/b30-27-,35-32?. The monoisotopic (exact) mass is 481 g/mol. The molecule has 0 saturated heterocycles. The van der Waals surface area contributed by atoms with Crippen LogP contribution in [0.5, 0.6) is 0 Å². The van der Waals surface area contributed by atoms with Gasteiger partial charge in [-0.05, 0) is 46.9 Å². The number of hydrogen-bond donors (Lipinski definition) is 2. The Morgan fingerprint density at radius 3 is 1.89 bits per heavy atom. The Balaban J connectivity index is 1.77. The molecule has 0 unspecified atom stereocenters. The topological polar surface area (TPSA) is 104 Å². The third-order valence-electron chi connectivity index (χ3n) is 6.42. The number of carbonyl (C=O) groups is 1. The number of allylic oxidation sites excluding steroid dienone is 1. The molecule has 5 aromatic rings. The molecule has 1 aromatic heterocycles. The summed E-state index contributed by atoms with van der Waals surface area (Å²) >= 11 is 0. The van der Waals surface area contributed by atoms with Crippen LogP contribution in [-0.2, 0) is 0 Å². The fraction of sp³-hybridized carbons (Fsp3) is 0.0312. The second-order valence-corrected chi connectivity index (χ2v) is 8.65. The zero-order valence-corrected chi connectivity index (χ0v) is 20.2.